The van der Waals surface area contributed by atoms with Gasteiger partial charge < -0.3 is 9.64 Å². The van der Waals surface area contributed by atoms with E-state index in [0.29, 0.717) is 5.88 Å². The summed E-state index contributed by atoms with van der Waals surface area (Å²) >= 11 is 0. The molecule has 19 heavy (non-hydrogen) atoms. The van der Waals surface area contributed by atoms with Crippen molar-refractivity contribution in [1.82, 2.24) is 14.9 Å². The zero-order valence-electron chi connectivity index (χ0n) is 11.4. The van der Waals surface area contributed by atoms with Gasteiger partial charge in [0.1, 0.15) is 6.10 Å². The van der Waals surface area contributed by atoms with Crippen molar-refractivity contribution in [3.05, 3.63) is 54.5 Å². The Kier molecular flexibility index (Phi) is 4.86. The summed E-state index contributed by atoms with van der Waals surface area (Å²) in [5.41, 5.74) is 1.16. The lowest BCUT2D eigenvalue weighted by Gasteiger charge is -2.20. The second-order valence-electron chi connectivity index (χ2n) is 4.65. The van der Waals surface area contributed by atoms with E-state index in [9.17, 15) is 0 Å². The highest BCUT2D eigenvalue weighted by Crippen LogP contribution is 2.22. The van der Waals surface area contributed by atoms with Crippen molar-refractivity contribution in [2.45, 2.75) is 12.5 Å². The molecule has 4 nitrogen and oxygen atoms in total. The molecule has 0 aliphatic carbocycles. The van der Waals surface area contributed by atoms with Gasteiger partial charge in [-0.3, -0.25) is 4.98 Å². The van der Waals surface area contributed by atoms with E-state index < -0.39 is 0 Å². The minimum atomic E-state index is 0.000278. The van der Waals surface area contributed by atoms with Crippen LogP contribution in [0.1, 0.15) is 18.1 Å². The second kappa shape index (κ2) is 6.85. The first kappa shape index (κ1) is 13.5. The van der Waals surface area contributed by atoms with Gasteiger partial charge in [-0.25, -0.2) is 4.98 Å². The van der Waals surface area contributed by atoms with Gasteiger partial charge in [-0.15, -0.1) is 0 Å². The van der Waals surface area contributed by atoms with E-state index in [0.717, 1.165) is 18.5 Å². The zero-order chi connectivity index (χ0) is 13.5. The predicted molar refractivity (Wildman–Crippen MR) is 75.0 cm³/mol. The lowest BCUT2D eigenvalue weighted by molar-refractivity contribution is 0.171. The van der Waals surface area contributed by atoms with Crippen LogP contribution < -0.4 is 4.74 Å². The van der Waals surface area contributed by atoms with Crippen LogP contribution in [-0.2, 0) is 0 Å². The fourth-order valence-corrected chi connectivity index (χ4v) is 1.83. The van der Waals surface area contributed by atoms with Gasteiger partial charge >= 0.3 is 0 Å². The fraction of sp³-hybridized carbons (Fsp3) is 0.333. The molecule has 4 heteroatoms. The molecule has 100 valence electrons. The average molecular weight is 257 g/mol. The monoisotopic (exact) mass is 257 g/mol. The van der Waals surface area contributed by atoms with Crippen LogP contribution in [0.5, 0.6) is 5.88 Å². The van der Waals surface area contributed by atoms with E-state index in [1.807, 2.05) is 18.2 Å². The molecule has 0 radical (unpaired) electrons. The molecule has 0 saturated heterocycles. The number of rotatable bonds is 6. The number of ether oxygens (including phenoxy) is 1. The number of nitrogens with zero attached hydrogens (tertiary/aromatic N) is 3. The van der Waals surface area contributed by atoms with Gasteiger partial charge in [0.15, 0.2) is 0 Å². The van der Waals surface area contributed by atoms with Crippen molar-refractivity contribution in [1.29, 1.82) is 0 Å². The Bertz CT molecular complexity index is 473. The fourth-order valence-electron chi connectivity index (χ4n) is 1.83. The summed E-state index contributed by atoms with van der Waals surface area (Å²) in [6.45, 7) is 0.958. The van der Waals surface area contributed by atoms with Crippen molar-refractivity contribution in [3.63, 3.8) is 0 Å². The first-order valence-electron chi connectivity index (χ1n) is 6.38. The Morgan fingerprint density at radius 2 is 1.95 bits per heavy atom. The molecular weight excluding hydrogens is 238 g/mol. The van der Waals surface area contributed by atoms with Crippen LogP contribution in [0.3, 0.4) is 0 Å². The highest BCUT2D eigenvalue weighted by molar-refractivity contribution is 5.19. The largest absolute Gasteiger partial charge is 0.468 e. The minimum absolute atomic E-state index is 0.000278. The molecule has 0 fully saturated rings. The van der Waals surface area contributed by atoms with Crippen LogP contribution >= 0.6 is 0 Å². The molecule has 2 rings (SSSR count). The number of hydrogen-bond donors (Lipinski definition) is 0. The Labute approximate surface area is 114 Å². The van der Waals surface area contributed by atoms with Gasteiger partial charge in [0.25, 0.3) is 0 Å². The van der Waals surface area contributed by atoms with Crippen LogP contribution in [0, 0.1) is 0 Å². The molecule has 1 heterocycles. The highest BCUT2D eigenvalue weighted by atomic mass is 16.5. The third-order valence-corrected chi connectivity index (χ3v) is 2.81. The molecule has 0 aliphatic heterocycles. The summed E-state index contributed by atoms with van der Waals surface area (Å²) < 4.78 is 5.95. The Hall–Kier alpha value is -1.94. The van der Waals surface area contributed by atoms with Gasteiger partial charge in [-0.1, -0.05) is 30.3 Å². The molecular formula is C15H19N3O. The van der Waals surface area contributed by atoms with E-state index in [4.69, 9.17) is 4.74 Å². The van der Waals surface area contributed by atoms with Crippen molar-refractivity contribution in [2.75, 3.05) is 20.6 Å². The third-order valence-electron chi connectivity index (χ3n) is 2.81. The molecule has 0 saturated carbocycles. The molecule has 0 aliphatic rings. The summed E-state index contributed by atoms with van der Waals surface area (Å²) in [5, 5.41) is 0. The molecule has 1 atom stereocenters. The minimum Gasteiger partial charge on any atom is -0.468 e. The van der Waals surface area contributed by atoms with Crippen molar-refractivity contribution < 1.29 is 4.74 Å². The topological polar surface area (TPSA) is 38.2 Å². The lowest BCUT2D eigenvalue weighted by Crippen LogP contribution is -2.19. The third kappa shape index (κ3) is 4.34. The Morgan fingerprint density at radius 1 is 1.16 bits per heavy atom. The normalized spacial score (nSPS) is 12.4. The van der Waals surface area contributed by atoms with E-state index in [1.54, 1.807) is 18.6 Å². The number of benzene rings is 1. The molecule has 0 bridgehead atoms. The van der Waals surface area contributed by atoms with Crippen molar-refractivity contribution in [2.24, 2.45) is 0 Å². The van der Waals surface area contributed by atoms with Gasteiger partial charge in [0.05, 0.1) is 6.20 Å². The maximum atomic E-state index is 5.95. The number of hydrogen-bond acceptors (Lipinski definition) is 4. The summed E-state index contributed by atoms with van der Waals surface area (Å²) in [6.07, 6.45) is 5.84. The number of aromatic nitrogens is 2. The summed E-state index contributed by atoms with van der Waals surface area (Å²) in [5.74, 6) is 0.565. The van der Waals surface area contributed by atoms with Crippen LogP contribution in [-0.4, -0.2) is 35.5 Å². The average Bonchev–Trinajstić information content (AvgIpc) is 2.45. The highest BCUT2D eigenvalue weighted by Gasteiger charge is 2.14. The quantitative estimate of drug-likeness (QED) is 0.797. The SMILES string of the molecule is CN(C)CCC(Oc1cnccn1)c1ccccc1. The van der Waals surface area contributed by atoms with Crippen LogP contribution in [0.15, 0.2) is 48.9 Å². The van der Waals surface area contributed by atoms with E-state index in [2.05, 4.69) is 41.1 Å². The summed E-state index contributed by atoms with van der Waals surface area (Å²) in [7, 11) is 4.12. The molecule has 1 unspecified atom stereocenters. The smallest absolute Gasteiger partial charge is 0.232 e. The summed E-state index contributed by atoms with van der Waals surface area (Å²) in [4.78, 5) is 10.4. The predicted octanol–water partition coefficient (Wildman–Crippen LogP) is 2.55. The maximum absolute atomic E-state index is 5.95. The van der Waals surface area contributed by atoms with Gasteiger partial charge in [-0.2, -0.15) is 0 Å². The van der Waals surface area contributed by atoms with Crippen LogP contribution in [0.25, 0.3) is 0 Å². The van der Waals surface area contributed by atoms with E-state index in [1.165, 1.54) is 0 Å². The molecule has 2 aromatic rings. The zero-order valence-corrected chi connectivity index (χ0v) is 11.4. The van der Waals surface area contributed by atoms with Crippen molar-refractivity contribution >= 4 is 0 Å². The Balaban J connectivity index is 2.10. The molecule has 0 spiro atoms. The van der Waals surface area contributed by atoms with E-state index in [-0.39, 0.29) is 6.10 Å². The Morgan fingerprint density at radius 3 is 2.58 bits per heavy atom. The van der Waals surface area contributed by atoms with Crippen LogP contribution in [0.4, 0.5) is 0 Å². The van der Waals surface area contributed by atoms with Crippen LogP contribution in [0.2, 0.25) is 0 Å². The van der Waals surface area contributed by atoms with Crippen molar-refractivity contribution in [3.8, 4) is 5.88 Å². The van der Waals surface area contributed by atoms with Gasteiger partial charge in [-0.05, 0) is 19.7 Å². The first-order valence-corrected chi connectivity index (χ1v) is 6.38. The molecule has 1 aromatic heterocycles. The first-order chi connectivity index (χ1) is 9.25. The van der Waals surface area contributed by atoms with Gasteiger partial charge in [0, 0.05) is 25.4 Å². The standard InChI is InChI=1S/C15H19N3O/c1-18(2)11-8-14(13-6-4-3-5-7-13)19-15-12-16-9-10-17-15/h3-7,9-10,12,14H,8,11H2,1-2H3. The summed E-state index contributed by atoms with van der Waals surface area (Å²) in [6, 6.07) is 10.2. The molecule has 1 aromatic carbocycles. The maximum Gasteiger partial charge on any atom is 0.232 e. The molecule has 0 amide bonds. The van der Waals surface area contributed by atoms with E-state index >= 15 is 0 Å². The lowest BCUT2D eigenvalue weighted by atomic mass is 10.1. The molecule has 0 N–H and O–H groups in total. The van der Waals surface area contributed by atoms with Gasteiger partial charge in [0.2, 0.25) is 5.88 Å². The second-order valence-corrected chi connectivity index (χ2v) is 4.65.